The fraction of sp³-hybridized carbons (Fsp3) is 0.0909. The minimum absolute atomic E-state index is 0.233. The number of halogens is 1. The summed E-state index contributed by atoms with van der Waals surface area (Å²) in [7, 11) is 0. The number of aryl methyl sites for hydroxylation is 1. The van der Waals surface area contributed by atoms with Crippen LogP contribution >= 0.6 is 15.9 Å². The van der Waals surface area contributed by atoms with Crippen LogP contribution in [0, 0.1) is 6.92 Å². The highest BCUT2D eigenvalue weighted by atomic mass is 79.9. The van der Waals surface area contributed by atoms with Crippen molar-refractivity contribution >= 4 is 27.7 Å². The Balaban J connectivity index is 2.18. The molecule has 0 saturated heterocycles. The Bertz CT molecular complexity index is 522. The summed E-state index contributed by atoms with van der Waals surface area (Å²) in [4.78, 5) is 11.8. The van der Waals surface area contributed by atoms with Gasteiger partial charge in [0.05, 0.1) is 11.3 Å². The van der Waals surface area contributed by atoms with Gasteiger partial charge in [0.1, 0.15) is 0 Å². The van der Waals surface area contributed by atoms with E-state index in [0.717, 1.165) is 10.2 Å². The van der Waals surface area contributed by atoms with Crippen LogP contribution in [0.5, 0.6) is 0 Å². The van der Waals surface area contributed by atoms with Crippen molar-refractivity contribution in [3.8, 4) is 0 Å². The van der Waals surface area contributed by atoms with Crippen LogP contribution in [0.25, 0.3) is 0 Å². The van der Waals surface area contributed by atoms with Crippen LogP contribution in [0.3, 0.4) is 0 Å². The average Bonchev–Trinajstić information content (AvgIpc) is 2.64. The number of carbonyl (C=O) groups excluding carboxylic acids is 1. The molecule has 1 aromatic heterocycles. The number of anilines is 1. The number of amides is 1. The molecule has 82 valence electrons. The lowest BCUT2D eigenvalue weighted by Crippen LogP contribution is -2.11. The van der Waals surface area contributed by atoms with Crippen molar-refractivity contribution in [2.75, 3.05) is 5.32 Å². The molecule has 0 saturated carbocycles. The van der Waals surface area contributed by atoms with Gasteiger partial charge >= 0.3 is 0 Å². The van der Waals surface area contributed by atoms with Gasteiger partial charge in [-0.25, -0.2) is 0 Å². The highest BCUT2D eigenvalue weighted by Crippen LogP contribution is 2.18. The summed E-state index contributed by atoms with van der Waals surface area (Å²) in [6, 6.07) is 8.84. The van der Waals surface area contributed by atoms with E-state index in [9.17, 15) is 4.79 Å². The van der Waals surface area contributed by atoms with E-state index in [0.29, 0.717) is 11.4 Å². The van der Waals surface area contributed by atoms with E-state index in [1.165, 1.54) is 0 Å². The largest absolute Gasteiger partial charge is 0.338 e. The van der Waals surface area contributed by atoms with Crippen LogP contribution in [0.4, 0.5) is 5.88 Å². The standard InChI is InChI=1S/C11H9BrN2O2/c1-7-6-10(16-14-7)13-11(15)8-4-2-3-5-9(8)12/h2-6H,1H3,(H,13,15). The van der Waals surface area contributed by atoms with Crippen molar-refractivity contribution in [2.45, 2.75) is 6.92 Å². The fourth-order valence-corrected chi connectivity index (χ4v) is 1.71. The van der Waals surface area contributed by atoms with Gasteiger partial charge in [-0.1, -0.05) is 17.3 Å². The van der Waals surface area contributed by atoms with Gasteiger partial charge < -0.3 is 4.52 Å². The Labute approximate surface area is 101 Å². The zero-order chi connectivity index (χ0) is 11.5. The number of hydrogen-bond acceptors (Lipinski definition) is 3. The molecule has 2 aromatic rings. The van der Waals surface area contributed by atoms with Gasteiger partial charge in [0, 0.05) is 10.5 Å². The maximum Gasteiger partial charge on any atom is 0.259 e. The first-order valence-electron chi connectivity index (χ1n) is 4.66. The maximum atomic E-state index is 11.8. The lowest BCUT2D eigenvalue weighted by atomic mass is 10.2. The molecule has 0 spiro atoms. The smallest absolute Gasteiger partial charge is 0.259 e. The van der Waals surface area contributed by atoms with Gasteiger partial charge in [-0.2, -0.15) is 0 Å². The van der Waals surface area contributed by atoms with E-state index < -0.39 is 0 Å². The second-order valence-electron chi connectivity index (χ2n) is 3.27. The molecule has 5 heteroatoms. The third-order valence-electron chi connectivity index (χ3n) is 1.98. The molecule has 0 atom stereocenters. The molecule has 1 heterocycles. The SMILES string of the molecule is Cc1cc(NC(=O)c2ccccc2Br)on1. The summed E-state index contributed by atoms with van der Waals surface area (Å²) >= 11 is 3.31. The Morgan fingerprint density at radius 3 is 2.81 bits per heavy atom. The van der Waals surface area contributed by atoms with Gasteiger partial charge in [-0.3, -0.25) is 10.1 Å². The van der Waals surface area contributed by atoms with Crippen LogP contribution in [0.2, 0.25) is 0 Å². The molecule has 0 aliphatic heterocycles. The molecule has 1 aromatic carbocycles. The zero-order valence-corrected chi connectivity index (χ0v) is 10.1. The molecule has 2 rings (SSSR count). The van der Waals surface area contributed by atoms with Crippen molar-refractivity contribution in [3.63, 3.8) is 0 Å². The van der Waals surface area contributed by atoms with E-state index in [-0.39, 0.29) is 5.91 Å². The number of carbonyl (C=O) groups is 1. The first-order chi connectivity index (χ1) is 7.66. The van der Waals surface area contributed by atoms with Crippen LogP contribution in [-0.2, 0) is 0 Å². The maximum absolute atomic E-state index is 11.8. The number of rotatable bonds is 2. The van der Waals surface area contributed by atoms with E-state index in [1.54, 1.807) is 31.2 Å². The van der Waals surface area contributed by atoms with Crippen LogP contribution in [-0.4, -0.2) is 11.1 Å². The summed E-state index contributed by atoms with van der Waals surface area (Å²) in [5.41, 5.74) is 1.28. The van der Waals surface area contributed by atoms with E-state index in [1.807, 2.05) is 6.07 Å². The molecule has 1 N–H and O–H groups in total. The van der Waals surface area contributed by atoms with Crippen molar-refractivity contribution in [1.29, 1.82) is 0 Å². The molecule has 0 bridgehead atoms. The Morgan fingerprint density at radius 1 is 1.44 bits per heavy atom. The molecule has 0 aliphatic rings. The zero-order valence-electron chi connectivity index (χ0n) is 8.53. The molecular formula is C11H9BrN2O2. The predicted molar refractivity (Wildman–Crippen MR) is 63.3 cm³/mol. The third-order valence-corrected chi connectivity index (χ3v) is 2.67. The van der Waals surface area contributed by atoms with Gasteiger partial charge in [0.2, 0.25) is 5.88 Å². The van der Waals surface area contributed by atoms with Crippen molar-refractivity contribution in [1.82, 2.24) is 5.16 Å². The van der Waals surface area contributed by atoms with Crippen molar-refractivity contribution in [3.05, 3.63) is 46.1 Å². The number of aromatic nitrogens is 1. The second kappa shape index (κ2) is 4.49. The van der Waals surface area contributed by atoms with E-state index in [4.69, 9.17) is 4.52 Å². The summed E-state index contributed by atoms with van der Waals surface area (Å²) in [6.07, 6.45) is 0. The van der Waals surface area contributed by atoms with Gasteiger partial charge in [-0.15, -0.1) is 0 Å². The molecular weight excluding hydrogens is 272 g/mol. The van der Waals surface area contributed by atoms with Gasteiger partial charge in [0.25, 0.3) is 5.91 Å². The minimum atomic E-state index is -0.233. The van der Waals surface area contributed by atoms with E-state index >= 15 is 0 Å². The predicted octanol–water partition coefficient (Wildman–Crippen LogP) is 3.00. The quantitative estimate of drug-likeness (QED) is 0.920. The molecule has 0 unspecified atom stereocenters. The van der Waals surface area contributed by atoms with Crippen LogP contribution < -0.4 is 5.32 Å². The third kappa shape index (κ3) is 2.30. The van der Waals surface area contributed by atoms with Gasteiger partial charge in [-0.05, 0) is 35.0 Å². The summed E-state index contributed by atoms with van der Waals surface area (Å²) in [6.45, 7) is 1.79. The molecule has 0 radical (unpaired) electrons. The lowest BCUT2D eigenvalue weighted by molar-refractivity contribution is 0.102. The lowest BCUT2D eigenvalue weighted by Gasteiger charge is -2.02. The highest BCUT2D eigenvalue weighted by molar-refractivity contribution is 9.10. The van der Waals surface area contributed by atoms with Crippen molar-refractivity contribution < 1.29 is 9.32 Å². The summed E-state index contributed by atoms with van der Waals surface area (Å²) in [5.74, 6) is 0.113. The average molecular weight is 281 g/mol. The molecule has 1 amide bonds. The van der Waals surface area contributed by atoms with E-state index in [2.05, 4.69) is 26.4 Å². The monoisotopic (exact) mass is 280 g/mol. The normalized spacial score (nSPS) is 10.1. The Morgan fingerprint density at radius 2 is 2.19 bits per heavy atom. The minimum Gasteiger partial charge on any atom is -0.338 e. The summed E-state index contributed by atoms with van der Waals surface area (Å²) < 4.78 is 5.64. The number of nitrogens with zero attached hydrogens (tertiary/aromatic N) is 1. The van der Waals surface area contributed by atoms with Gasteiger partial charge in [0.15, 0.2) is 0 Å². The summed E-state index contributed by atoms with van der Waals surface area (Å²) in [5, 5.41) is 6.31. The molecule has 16 heavy (non-hydrogen) atoms. The topological polar surface area (TPSA) is 55.1 Å². The molecule has 0 fully saturated rings. The molecule has 4 nitrogen and oxygen atoms in total. The fourth-order valence-electron chi connectivity index (χ4n) is 1.25. The van der Waals surface area contributed by atoms with Crippen molar-refractivity contribution in [2.24, 2.45) is 0 Å². The second-order valence-corrected chi connectivity index (χ2v) is 4.12. The number of nitrogens with one attached hydrogen (secondary N) is 1. The number of hydrogen-bond donors (Lipinski definition) is 1. The first kappa shape index (κ1) is 10.9. The Kier molecular flexibility index (Phi) is 3.05. The van der Waals surface area contributed by atoms with Crippen LogP contribution in [0.1, 0.15) is 16.1 Å². The molecule has 0 aliphatic carbocycles. The highest BCUT2D eigenvalue weighted by Gasteiger charge is 2.11. The first-order valence-corrected chi connectivity index (χ1v) is 5.45. The number of benzene rings is 1. The van der Waals surface area contributed by atoms with Crippen LogP contribution in [0.15, 0.2) is 39.3 Å². The Hall–Kier alpha value is -1.62.